The first-order chi connectivity index (χ1) is 17.7. The van der Waals surface area contributed by atoms with Crippen LogP contribution in [-0.4, -0.2) is 56.6 Å². The quantitative estimate of drug-likeness (QED) is 0.421. The number of aryl methyl sites for hydroxylation is 1. The third kappa shape index (κ3) is 8.59. The summed E-state index contributed by atoms with van der Waals surface area (Å²) in [5.41, 5.74) is 2.83. The van der Waals surface area contributed by atoms with E-state index in [4.69, 9.17) is 0 Å². The van der Waals surface area contributed by atoms with Crippen LogP contribution in [0.4, 0.5) is 5.69 Å². The van der Waals surface area contributed by atoms with Crippen LogP contribution in [0.5, 0.6) is 0 Å². The summed E-state index contributed by atoms with van der Waals surface area (Å²) in [5, 5.41) is 3.12. The van der Waals surface area contributed by atoms with Gasteiger partial charge in [-0.2, -0.15) is 0 Å². The highest BCUT2D eigenvalue weighted by Crippen LogP contribution is 2.21. The van der Waals surface area contributed by atoms with Gasteiger partial charge in [0, 0.05) is 25.6 Å². The molecular weight excluding hydrogens is 486 g/mol. The molecule has 0 aromatic heterocycles. The van der Waals surface area contributed by atoms with Crippen LogP contribution >= 0.6 is 0 Å². The lowest BCUT2D eigenvalue weighted by atomic mass is 10.1. The Labute approximate surface area is 222 Å². The molecule has 37 heavy (non-hydrogen) atoms. The number of rotatable bonds is 13. The standard InChI is InChI=1S/C29H41N3O4S/c1-4-24-16-18-27(19-17-24)32(37(3,35)36)21-10-15-28(33)31(22-20-25-11-6-5-7-12-25)23(2)29(34)30-26-13-8-9-14-26/h5-7,11-12,16-19,23,26H,4,8-10,13-15,20-22H2,1-3H3,(H,30,34)/t23-/m1/s1. The Kier molecular flexibility index (Phi) is 10.6. The summed E-state index contributed by atoms with van der Waals surface area (Å²) in [6, 6.07) is 17.0. The Morgan fingerprint density at radius 3 is 2.22 bits per heavy atom. The van der Waals surface area contributed by atoms with Crippen LogP contribution < -0.4 is 9.62 Å². The largest absolute Gasteiger partial charge is 0.352 e. The van der Waals surface area contributed by atoms with Gasteiger partial charge in [-0.1, -0.05) is 62.2 Å². The monoisotopic (exact) mass is 527 g/mol. The summed E-state index contributed by atoms with van der Waals surface area (Å²) in [7, 11) is -3.50. The highest BCUT2D eigenvalue weighted by atomic mass is 32.2. The summed E-state index contributed by atoms with van der Waals surface area (Å²) >= 11 is 0. The molecule has 8 heteroatoms. The van der Waals surface area contributed by atoms with Crippen molar-refractivity contribution < 1.29 is 18.0 Å². The minimum atomic E-state index is -3.50. The van der Waals surface area contributed by atoms with E-state index in [1.54, 1.807) is 11.8 Å². The maximum absolute atomic E-state index is 13.4. The molecule has 1 N–H and O–H groups in total. The highest BCUT2D eigenvalue weighted by molar-refractivity contribution is 7.92. The summed E-state index contributed by atoms with van der Waals surface area (Å²) in [5.74, 6) is -0.262. The third-order valence-electron chi connectivity index (χ3n) is 7.14. The van der Waals surface area contributed by atoms with Gasteiger partial charge in [-0.25, -0.2) is 8.42 Å². The predicted molar refractivity (Wildman–Crippen MR) is 149 cm³/mol. The predicted octanol–water partition coefficient (Wildman–Crippen LogP) is 4.31. The van der Waals surface area contributed by atoms with Gasteiger partial charge >= 0.3 is 0 Å². The van der Waals surface area contributed by atoms with Gasteiger partial charge in [0.05, 0.1) is 11.9 Å². The molecule has 1 atom stereocenters. The van der Waals surface area contributed by atoms with Gasteiger partial charge in [-0.15, -0.1) is 0 Å². The number of carbonyl (C=O) groups excluding carboxylic acids is 2. The van der Waals surface area contributed by atoms with Gasteiger partial charge in [-0.3, -0.25) is 13.9 Å². The molecule has 1 saturated carbocycles. The lowest BCUT2D eigenvalue weighted by Gasteiger charge is -2.30. The number of hydrogen-bond acceptors (Lipinski definition) is 4. The maximum atomic E-state index is 13.4. The molecule has 3 rings (SSSR count). The zero-order valence-corrected chi connectivity index (χ0v) is 23.2. The molecule has 0 saturated heterocycles. The Morgan fingerprint density at radius 2 is 1.62 bits per heavy atom. The number of amides is 2. The first-order valence-corrected chi connectivity index (χ1v) is 15.2. The lowest BCUT2D eigenvalue weighted by molar-refractivity contribution is -0.140. The molecule has 2 aromatic carbocycles. The summed E-state index contributed by atoms with van der Waals surface area (Å²) in [4.78, 5) is 28.0. The first-order valence-electron chi connectivity index (χ1n) is 13.4. The summed E-state index contributed by atoms with van der Waals surface area (Å²) in [6.07, 6.45) is 7.43. The average molecular weight is 528 g/mol. The van der Waals surface area contributed by atoms with Crippen molar-refractivity contribution in [3.63, 3.8) is 0 Å². The number of nitrogens with one attached hydrogen (secondary N) is 1. The Morgan fingerprint density at radius 1 is 0.973 bits per heavy atom. The molecule has 7 nitrogen and oxygen atoms in total. The lowest BCUT2D eigenvalue weighted by Crippen LogP contribution is -2.50. The molecule has 0 bridgehead atoms. The Hall–Kier alpha value is -2.87. The molecule has 1 aliphatic rings. The topological polar surface area (TPSA) is 86.8 Å². The number of nitrogens with zero attached hydrogens (tertiary/aromatic N) is 2. The fourth-order valence-electron chi connectivity index (χ4n) is 4.86. The van der Waals surface area contributed by atoms with Crippen molar-refractivity contribution in [2.24, 2.45) is 0 Å². The normalized spacial score (nSPS) is 14.8. The molecule has 1 fully saturated rings. The van der Waals surface area contributed by atoms with Gasteiger partial charge in [0.15, 0.2) is 0 Å². The smallest absolute Gasteiger partial charge is 0.242 e. The molecule has 202 valence electrons. The second-order valence-corrected chi connectivity index (χ2v) is 11.9. The number of hydrogen-bond donors (Lipinski definition) is 1. The molecule has 0 aliphatic heterocycles. The van der Waals surface area contributed by atoms with Gasteiger partial charge in [0.25, 0.3) is 0 Å². The second kappa shape index (κ2) is 13.6. The minimum Gasteiger partial charge on any atom is -0.352 e. The second-order valence-electron chi connectivity index (χ2n) is 9.95. The SMILES string of the molecule is CCc1ccc(N(CCCC(=O)N(CCc2ccccc2)[C@H](C)C(=O)NC2CCCC2)S(C)(=O)=O)cc1. The van der Waals surface area contributed by atoms with Gasteiger partial charge in [0.2, 0.25) is 21.8 Å². The van der Waals surface area contributed by atoms with Crippen LogP contribution in [0, 0.1) is 0 Å². The fraction of sp³-hybridized carbons (Fsp3) is 0.517. The maximum Gasteiger partial charge on any atom is 0.242 e. The summed E-state index contributed by atoms with van der Waals surface area (Å²) < 4.78 is 26.3. The number of anilines is 1. The molecule has 0 unspecified atom stereocenters. The van der Waals surface area contributed by atoms with Crippen LogP contribution in [-0.2, 0) is 32.5 Å². The molecule has 1 aliphatic carbocycles. The number of sulfonamides is 1. The van der Waals surface area contributed by atoms with E-state index >= 15 is 0 Å². The molecular formula is C29H41N3O4S. The third-order valence-corrected chi connectivity index (χ3v) is 8.33. The van der Waals surface area contributed by atoms with E-state index in [0.29, 0.717) is 25.1 Å². The van der Waals surface area contributed by atoms with Crippen molar-refractivity contribution in [3.05, 3.63) is 65.7 Å². The Balaban J connectivity index is 1.66. The van der Waals surface area contributed by atoms with E-state index < -0.39 is 16.1 Å². The molecule has 2 aromatic rings. The van der Waals surface area contributed by atoms with E-state index in [2.05, 4.69) is 5.32 Å². The molecule has 0 spiro atoms. The first kappa shape index (κ1) is 28.7. The zero-order valence-electron chi connectivity index (χ0n) is 22.4. The van der Waals surface area contributed by atoms with Crippen molar-refractivity contribution in [2.75, 3.05) is 23.7 Å². The van der Waals surface area contributed by atoms with Crippen molar-refractivity contribution in [1.29, 1.82) is 0 Å². The molecule has 0 heterocycles. The van der Waals surface area contributed by atoms with Gasteiger partial charge < -0.3 is 10.2 Å². The van der Waals surface area contributed by atoms with Crippen molar-refractivity contribution in [2.45, 2.75) is 77.3 Å². The van der Waals surface area contributed by atoms with Crippen molar-refractivity contribution in [3.8, 4) is 0 Å². The number of carbonyl (C=O) groups is 2. The highest BCUT2D eigenvalue weighted by Gasteiger charge is 2.28. The molecule has 0 radical (unpaired) electrons. The molecule has 2 amide bonds. The minimum absolute atomic E-state index is 0.123. The van der Waals surface area contributed by atoms with Crippen LogP contribution in [0.15, 0.2) is 54.6 Å². The van der Waals surface area contributed by atoms with E-state index in [0.717, 1.165) is 43.2 Å². The summed E-state index contributed by atoms with van der Waals surface area (Å²) in [6.45, 7) is 4.46. The zero-order chi connectivity index (χ0) is 26.8. The van der Waals surface area contributed by atoms with Gasteiger partial charge in [0.1, 0.15) is 6.04 Å². The number of benzene rings is 2. The van der Waals surface area contributed by atoms with E-state index in [1.165, 1.54) is 10.6 Å². The fourth-order valence-corrected chi connectivity index (χ4v) is 5.83. The van der Waals surface area contributed by atoms with Crippen molar-refractivity contribution >= 4 is 27.5 Å². The van der Waals surface area contributed by atoms with Crippen LogP contribution in [0.3, 0.4) is 0 Å². The van der Waals surface area contributed by atoms with E-state index in [9.17, 15) is 18.0 Å². The van der Waals surface area contributed by atoms with Crippen LogP contribution in [0.25, 0.3) is 0 Å². The van der Waals surface area contributed by atoms with E-state index in [1.807, 2.05) is 61.5 Å². The Bertz CT molecular complexity index is 1110. The van der Waals surface area contributed by atoms with Crippen LogP contribution in [0.1, 0.15) is 63.5 Å². The van der Waals surface area contributed by atoms with E-state index in [-0.39, 0.29) is 30.8 Å². The van der Waals surface area contributed by atoms with Crippen LogP contribution in [0.2, 0.25) is 0 Å². The van der Waals surface area contributed by atoms with Gasteiger partial charge in [-0.05, 0) is 62.3 Å². The van der Waals surface area contributed by atoms with Crippen molar-refractivity contribution in [1.82, 2.24) is 10.2 Å². The average Bonchev–Trinajstić information content (AvgIpc) is 3.39.